The van der Waals surface area contributed by atoms with Crippen molar-refractivity contribution in [3.63, 3.8) is 0 Å². The molecule has 5 aromatic rings. The highest BCUT2D eigenvalue weighted by Crippen LogP contribution is 2.34. The van der Waals surface area contributed by atoms with Crippen LogP contribution in [0.25, 0.3) is 0 Å². The van der Waals surface area contributed by atoms with E-state index >= 15 is 0 Å². The van der Waals surface area contributed by atoms with Gasteiger partial charge in [-0.2, -0.15) is 0 Å². The lowest BCUT2D eigenvalue weighted by molar-refractivity contribution is 0.261. The van der Waals surface area contributed by atoms with E-state index < -0.39 is 41.9 Å². The van der Waals surface area contributed by atoms with Gasteiger partial charge in [0.1, 0.15) is 9.79 Å². The van der Waals surface area contributed by atoms with Gasteiger partial charge in [0.25, 0.3) is 20.0 Å². The summed E-state index contributed by atoms with van der Waals surface area (Å²) in [5, 5.41) is 10.2. The van der Waals surface area contributed by atoms with E-state index in [1.54, 1.807) is 97.1 Å². The van der Waals surface area contributed by atoms with Gasteiger partial charge in [0.15, 0.2) is 0 Å². The molecule has 0 aliphatic heterocycles. The minimum absolute atomic E-state index is 0.193. The van der Waals surface area contributed by atoms with Gasteiger partial charge in [-0.15, -0.1) is 0 Å². The van der Waals surface area contributed by atoms with E-state index in [1.165, 1.54) is 24.3 Å². The lowest BCUT2D eigenvalue weighted by Gasteiger charge is -2.19. The molecule has 0 aliphatic rings. The zero-order valence-electron chi connectivity index (χ0n) is 24.0. The zero-order valence-corrected chi connectivity index (χ0v) is 25.6. The van der Waals surface area contributed by atoms with Crippen molar-refractivity contribution >= 4 is 66.2 Å². The van der Waals surface area contributed by atoms with Crippen LogP contribution in [0.5, 0.6) is 0 Å². The lowest BCUT2D eigenvalue weighted by atomic mass is 10.2. The predicted molar refractivity (Wildman–Crippen MR) is 179 cm³/mol. The third-order valence-corrected chi connectivity index (χ3v) is 9.11. The monoisotopic (exact) mass is 656 g/mol. The van der Waals surface area contributed by atoms with Crippen LogP contribution in [0.15, 0.2) is 143 Å². The molecule has 5 rings (SSSR count). The van der Waals surface area contributed by atoms with Gasteiger partial charge in [0.2, 0.25) is 0 Å². The Morgan fingerprint density at radius 3 is 1.02 bits per heavy atom. The smallest absolute Gasteiger partial charge is 0.308 e. The Kier molecular flexibility index (Phi) is 9.50. The Balaban J connectivity index is 1.61. The summed E-state index contributed by atoms with van der Waals surface area (Å²) >= 11 is 0. The number of nitrogens with one attached hydrogen (secondary N) is 6. The molecule has 0 aliphatic carbocycles. The largest absolute Gasteiger partial charge is 0.323 e. The van der Waals surface area contributed by atoms with Gasteiger partial charge in [-0.05, 0) is 60.7 Å². The third kappa shape index (κ3) is 8.19. The van der Waals surface area contributed by atoms with Gasteiger partial charge in [-0.3, -0.25) is 9.44 Å². The molecule has 0 heterocycles. The Morgan fingerprint density at radius 1 is 0.391 bits per heavy atom. The van der Waals surface area contributed by atoms with Crippen LogP contribution in [0.2, 0.25) is 0 Å². The van der Waals surface area contributed by atoms with Crippen LogP contribution in [-0.4, -0.2) is 28.9 Å². The van der Waals surface area contributed by atoms with Crippen molar-refractivity contribution in [2.45, 2.75) is 9.79 Å². The lowest BCUT2D eigenvalue weighted by Crippen LogP contribution is -2.25. The topological polar surface area (TPSA) is 175 Å². The van der Waals surface area contributed by atoms with Crippen LogP contribution in [0.3, 0.4) is 0 Å². The predicted octanol–water partition coefficient (Wildman–Crippen LogP) is 6.58. The average Bonchev–Trinajstić information content (AvgIpc) is 3.02. The van der Waals surface area contributed by atoms with E-state index in [0.29, 0.717) is 11.4 Å². The maximum absolute atomic E-state index is 13.8. The fourth-order valence-corrected chi connectivity index (χ4v) is 6.78. The second kappa shape index (κ2) is 13.8. The molecule has 0 bridgehead atoms. The number of amides is 4. The molecule has 0 saturated carbocycles. The fourth-order valence-electron chi connectivity index (χ4n) is 4.25. The number of sulfonamides is 2. The van der Waals surface area contributed by atoms with Crippen molar-refractivity contribution in [3.05, 3.63) is 133 Å². The first kappa shape index (κ1) is 31.6. The molecule has 0 radical (unpaired) electrons. The van der Waals surface area contributed by atoms with Crippen molar-refractivity contribution in [1.82, 2.24) is 0 Å². The minimum atomic E-state index is -4.52. The molecule has 46 heavy (non-hydrogen) atoms. The molecule has 0 fully saturated rings. The van der Waals surface area contributed by atoms with E-state index in [4.69, 9.17) is 0 Å². The van der Waals surface area contributed by atoms with E-state index in [-0.39, 0.29) is 22.7 Å². The molecule has 0 aromatic heterocycles. The second-order valence-corrected chi connectivity index (χ2v) is 13.0. The number of hydrogen-bond acceptors (Lipinski definition) is 6. The minimum Gasteiger partial charge on any atom is -0.308 e. The number of hydrogen-bond donors (Lipinski definition) is 6. The summed E-state index contributed by atoms with van der Waals surface area (Å²) in [4.78, 5) is 24.9. The molecule has 4 amide bonds. The first-order valence-electron chi connectivity index (χ1n) is 13.7. The summed E-state index contributed by atoms with van der Waals surface area (Å²) in [6, 6.07) is 32.9. The molecule has 6 N–H and O–H groups in total. The maximum Gasteiger partial charge on any atom is 0.323 e. The van der Waals surface area contributed by atoms with Gasteiger partial charge >= 0.3 is 12.1 Å². The molecule has 12 nitrogen and oxygen atoms in total. The van der Waals surface area contributed by atoms with Crippen LogP contribution in [0.4, 0.5) is 43.7 Å². The maximum atomic E-state index is 13.8. The first-order chi connectivity index (χ1) is 22.1. The van der Waals surface area contributed by atoms with Crippen LogP contribution in [0.1, 0.15) is 0 Å². The number of anilines is 6. The second-order valence-electron chi connectivity index (χ2n) is 9.68. The SMILES string of the molecule is O=C(Nc1ccccc1)Nc1cc(NC(=O)Nc2ccccc2)c(S(=O)(=O)Nc2ccccc2)cc1S(=O)(=O)Nc1ccccc1. The number of urea groups is 2. The highest BCUT2D eigenvalue weighted by Gasteiger charge is 2.29. The van der Waals surface area contributed by atoms with Crippen LogP contribution < -0.4 is 30.7 Å². The normalized spacial score (nSPS) is 11.1. The van der Waals surface area contributed by atoms with Crippen molar-refractivity contribution in [3.8, 4) is 0 Å². The van der Waals surface area contributed by atoms with E-state index in [9.17, 15) is 26.4 Å². The first-order valence-corrected chi connectivity index (χ1v) is 16.7. The number of para-hydroxylation sites is 4. The number of carbonyl (C=O) groups is 2. The van der Waals surface area contributed by atoms with E-state index in [0.717, 1.165) is 12.1 Å². The molecular formula is C32H28N6O6S2. The molecule has 14 heteroatoms. The van der Waals surface area contributed by atoms with Crippen molar-refractivity contribution in [1.29, 1.82) is 0 Å². The van der Waals surface area contributed by atoms with Gasteiger partial charge in [0.05, 0.1) is 11.4 Å². The van der Waals surface area contributed by atoms with Crippen molar-refractivity contribution in [2.75, 3.05) is 30.7 Å². The van der Waals surface area contributed by atoms with Gasteiger partial charge in [-0.25, -0.2) is 26.4 Å². The van der Waals surface area contributed by atoms with E-state index in [2.05, 4.69) is 30.7 Å². The van der Waals surface area contributed by atoms with Gasteiger partial charge < -0.3 is 21.3 Å². The quantitative estimate of drug-likeness (QED) is 0.0990. The Morgan fingerprint density at radius 2 is 0.696 bits per heavy atom. The number of benzene rings is 5. The molecule has 5 aromatic carbocycles. The molecular weight excluding hydrogens is 629 g/mol. The summed E-state index contributed by atoms with van der Waals surface area (Å²) in [5.41, 5.74) is 0.588. The molecule has 0 atom stereocenters. The third-order valence-electron chi connectivity index (χ3n) is 6.27. The molecule has 234 valence electrons. The standard InChI is InChI=1S/C32H28N6O6S2/c39-31(33-23-13-5-1-6-14-23)35-27-21-28(36-32(40)34-24-15-7-2-8-16-24)30(46(43,44)38-26-19-11-4-12-20-26)22-29(27)45(41,42)37-25-17-9-3-10-18-25/h1-22,37-38H,(H2,33,35,39)(H2,34,36,40). The highest BCUT2D eigenvalue weighted by molar-refractivity contribution is 7.93. The summed E-state index contributed by atoms with van der Waals surface area (Å²) in [6.45, 7) is 0. The Bertz CT molecular complexity index is 1900. The number of carbonyl (C=O) groups excluding carboxylic acids is 2. The zero-order chi connectivity index (χ0) is 32.6. The van der Waals surface area contributed by atoms with Crippen molar-refractivity contribution < 1.29 is 26.4 Å². The van der Waals surface area contributed by atoms with Crippen LogP contribution >= 0.6 is 0 Å². The van der Waals surface area contributed by atoms with Crippen molar-refractivity contribution in [2.24, 2.45) is 0 Å². The van der Waals surface area contributed by atoms with Gasteiger partial charge in [0, 0.05) is 22.7 Å². The van der Waals surface area contributed by atoms with E-state index in [1.807, 2.05) is 0 Å². The summed E-state index contributed by atoms with van der Waals surface area (Å²) < 4.78 is 59.9. The summed E-state index contributed by atoms with van der Waals surface area (Å²) in [5.74, 6) is 0. The van der Waals surface area contributed by atoms with Gasteiger partial charge in [-0.1, -0.05) is 72.8 Å². The fraction of sp³-hybridized carbons (Fsp3) is 0. The Hall–Kier alpha value is -5.86. The van der Waals surface area contributed by atoms with Crippen LogP contribution in [-0.2, 0) is 20.0 Å². The number of rotatable bonds is 10. The molecule has 0 spiro atoms. The van der Waals surface area contributed by atoms with Crippen LogP contribution in [0, 0.1) is 0 Å². The summed E-state index contributed by atoms with van der Waals surface area (Å²) in [7, 11) is -9.05. The summed E-state index contributed by atoms with van der Waals surface area (Å²) in [6.07, 6.45) is 0. The average molecular weight is 657 g/mol. The molecule has 0 saturated heterocycles. The Labute approximate surface area is 266 Å². The highest BCUT2D eigenvalue weighted by atomic mass is 32.2. The molecule has 0 unspecified atom stereocenters.